The number of rotatable bonds is 23. The van der Waals surface area contributed by atoms with E-state index in [0.29, 0.717) is 26.4 Å². The zero-order valence-electron chi connectivity index (χ0n) is 16.5. The van der Waals surface area contributed by atoms with Crippen LogP contribution in [-0.2, 0) is 27.7 Å². The zero-order chi connectivity index (χ0) is 20.8. The topological polar surface area (TPSA) is 71.1 Å². The Bertz CT molecular complexity index is 414. The monoisotopic (exact) mass is 498 g/mol. The van der Waals surface area contributed by atoms with Crippen LogP contribution in [0.3, 0.4) is 0 Å². The number of ether oxygens (including phenoxy) is 3. The van der Waals surface area contributed by atoms with Gasteiger partial charge >= 0.3 is 9.33 Å². The SMILES string of the molecule is O=S(=O)(Cl)OCCOCCOCCOCCCCCCCCCCCSSS. The van der Waals surface area contributed by atoms with E-state index in [2.05, 4.69) is 15.8 Å². The first-order valence-electron chi connectivity index (χ1n) is 9.81. The second kappa shape index (κ2) is 22.8. The smallest absolute Gasteiger partial charge is 0.355 e. The maximum Gasteiger partial charge on any atom is 0.355 e. The predicted octanol–water partition coefficient (Wildman–Crippen LogP) is 5.27. The van der Waals surface area contributed by atoms with Crippen molar-refractivity contribution in [1.82, 2.24) is 0 Å². The van der Waals surface area contributed by atoms with Gasteiger partial charge in [-0.05, 0) is 22.7 Å². The fourth-order valence-corrected chi connectivity index (χ4v) is 4.47. The summed E-state index contributed by atoms with van der Waals surface area (Å²) in [5, 5.41) is 0. The third-order valence-corrected chi connectivity index (χ3v) is 6.81. The Morgan fingerprint density at radius 1 is 0.643 bits per heavy atom. The second-order valence-corrected chi connectivity index (χ2v) is 11.6. The summed E-state index contributed by atoms with van der Waals surface area (Å²) < 4.78 is 41.3. The van der Waals surface area contributed by atoms with Gasteiger partial charge in [0.25, 0.3) is 0 Å². The van der Waals surface area contributed by atoms with Gasteiger partial charge < -0.3 is 14.2 Å². The third-order valence-electron chi connectivity index (χ3n) is 3.76. The molecule has 0 aliphatic rings. The lowest BCUT2D eigenvalue weighted by molar-refractivity contribution is 0.00927. The molecule has 0 saturated heterocycles. The van der Waals surface area contributed by atoms with Gasteiger partial charge in [0.15, 0.2) is 0 Å². The van der Waals surface area contributed by atoms with E-state index in [1.807, 2.05) is 10.8 Å². The number of halogens is 1. The van der Waals surface area contributed by atoms with Crippen LogP contribution in [0.4, 0.5) is 0 Å². The molecule has 0 amide bonds. The molecule has 0 radical (unpaired) electrons. The fourth-order valence-electron chi connectivity index (χ4n) is 2.37. The van der Waals surface area contributed by atoms with Gasteiger partial charge in [0.2, 0.25) is 0 Å². The van der Waals surface area contributed by atoms with E-state index >= 15 is 0 Å². The maximum atomic E-state index is 10.5. The molecule has 11 heteroatoms. The third kappa shape index (κ3) is 27.1. The first kappa shape index (κ1) is 29.1. The van der Waals surface area contributed by atoms with Crippen molar-refractivity contribution in [3.05, 3.63) is 0 Å². The molecule has 0 aliphatic carbocycles. The lowest BCUT2D eigenvalue weighted by atomic mass is 10.1. The molecule has 0 unspecified atom stereocenters. The van der Waals surface area contributed by atoms with E-state index in [0.717, 1.165) is 13.0 Å². The van der Waals surface area contributed by atoms with Crippen molar-refractivity contribution in [2.45, 2.75) is 57.8 Å². The highest BCUT2D eigenvalue weighted by atomic mass is 35.7. The molecule has 0 rings (SSSR count). The van der Waals surface area contributed by atoms with Crippen molar-refractivity contribution in [2.24, 2.45) is 0 Å². The largest absolute Gasteiger partial charge is 0.379 e. The summed E-state index contributed by atoms with van der Waals surface area (Å²) in [4.78, 5) is 0. The van der Waals surface area contributed by atoms with Crippen molar-refractivity contribution in [1.29, 1.82) is 0 Å². The molecule has 0 aromatic heterocycles. The van der Waals surface area contributed by atoms with Crippen LogP contribution in [0.1, 0.15) is 57.8 Å². The Balaban J connectivity index is 3.03. The van der Waals surface area contributed by atoms with Gasteiger partial charge in [0.1, 0.15) is 0 Å². The van der Waals surface area contributed by atoms with Crippen LogP contribution in [0.5, 0.6) is 0 Å². The van der Waals surface area contributed by atoms with Crippen LogP contribution in [0.15, 0.2) is 0 Å². The van der Waals surface area contributed by atoms with Crippen LogP contribution in [0, 0.1) is 0 Å². The Hall–Kier alpha value is 1.13. The first-order valence-corrected chi connectivity index (χ1v) is 15.4. The van der Waals surface area contributed by atoms with Crippen LogP contribution >= 0.6 is 43.0 Å². The van der Waals surface area contributed by atoms with Gasteiger partial charge in [0.05, 0.1) is 39.6 Å². The lowest BCUT2D eigenvalue weighted by Crippen LogP contribution is -2.12. The highest BCUT2D eigenvalue weighted by Crippen LogP contribution is 2.25. The first-order chi connectivity index (χ1) is 13.6. The highest BCUT2D eigenvalue weighted by molar-refractivity contribution is 9.05. The zero-order valence-corrected chi connectivity index (χ0v) is 20.6. The number of hydrogen-bond acceptors (Lipinski definition) is 9. The molecule has 170 valence electrons. The molecular formula is C17H35ClO6S4. The predicted molar refractivity (Wildman–Crippen MR) is 124 cm³/mol. The molecular weight excluding hydrogens is 464 g/mol. The summed E-state index contributed by atoms with van der Waals surface area (Å²) in [6.07, 6.45) is 11.7. The Kier molecular flexibility index (Phi) is 23.7. The average Bonchev–Trinajstić information content (AvgIpc) is 2.65. The molecule has 0 spiro atoms. The summed E-state index contributed by atoms with van der Waals surface area (Å²) in [6, 6.07) is 0. The van der Waals surface area contributed by atoms with E-state index in [1.54, 1.807) is 9.83 Å². The van der Waals surface area contributed by atoms with Gasteiger partial charge in [-0.2, -0.15) is 8.42 Å². The van der Waals surface area contributed by atoms with E-state index < -0.39 is 9.33 Å². The normalized spacial score (nSPS) is 11.9. The van der Waals surface area contributed by atoms with Crippen molar-refractivity contribution in [3.63, 3.8) is 0 Å². The van der Waals surface area contributed by atoms with Crippen LogP contribution in [-0.4, -0.2) is 60.4 Å². The van der Waals surface area contributed by atoms with E-state index in [4.69, 9.17) is 24.9 Å². The summed E-state index contributed by atoms with van der Waals surface area (Å²) >= 11 is 4.11. The molecule has 0 aromatic carbocycles. The number of hydrogen-bond donors (Lipinski definition) is 1. The lowest BCUT2D eigenvalue weighted by Gasteiger charge is -2.07. The second-order valence-electron chi connectivity index (χ2n) is 6.13. The molecule has 0 bridgehead atoms. The van der Waals surface area contributed by atoms with Crippen molar-refractivity contribution in [2.75, 3.05) is 52.0 Å². The minimum atomic E-state index is -3.91. The molecule has 28 heavy (non-hydrogen) atoms. The van der Waals surface area contributed by atoms with Crippen LogP contribution in [0.2, 0.25) is 0 Å². The molecule has 0 heterocycles. The van der Waals surface area contributed by atoms with Gasteiger partial charge in [-0.1, -0.05) is 67.4 Å². The summed E-state index contributed by atoms with van der Waals surface area (Å²) in [5.41, 5.74) is 0. The Morgan fingerprint density at radius 2 is 1.07 bits per heavy atom. The molecule has 6 nitrogen and oxygen atoms in total. The van der Waals surface area contributed by atoms with E-state index in [9.17, 15) is 8.42 Å². The van der Waals surface area contributed by atoms with Gasteiger partial charge in [-0.25, -0.2) is 0 Å². The quantitative estimate of drug-likeness (QED) is 0.0883. The maximum absolute atomic E-state index is 10.5. The van der Waals surface area contributed by atoms with Crippen LogP contribution in [0.25, 0.3) is 0 Å². The van der Waals surface area contributed by atoms with Crippen LogP contribution < -0.4 is 0 Å². The van der Waals surface area contributed by atoms with Crippen molar-refractivity contribution >= 4 is 52.3 Å². The number of unbranched alkanes of at least 4 members (excludes halogenated alkanes) is 8. The van der Waals surface area contributed by atoms with E-state index in [1.165, 1.54) is 57.1 Å². The molecule has 0 aliphatic heterocycles. The van der Waals surface area contributed by atoms with E-state index in [-0.39, 0.29) is 13.2 Å². The summed E-state index contributed by atoms with van der Waals surface area (Å²) in [7, 11) is 4.36. The highest BCUT2D eigenvalue weighted by Gasteiger charge is 2.03. The summed E-state index contributed by atoms with van der Waals surface area (Å²) in [6.45, 7) is 2.76. The Labute approximate surface area is 188 Å². The van der Waals surface area contributed by atoms with Gasteiger partial charge in [-0.3, -0.25) is 4.18 Å². The fraction of sp³-hybridized carbons (Fsp3) is 1.00. The average molecular weight is 499 g/mol. The van der Waals surface area contributed by atoms with Crippen molar-refractivity contribution < 1.29 is 26.8 Å². The minimum Gasteiger partial charge on any atom is -0.379 e. The Morgan fingerprint density at radius 3 is 1.57 bits per heavy atom. The summed E-state index contributed by atoms with van der Waals surface area (Å²) in [5.74, 6) is 1.21. The molecule has 0 fully saturated rings. The number of thiol groups is 1. The molecule has 0 saturated carbocycles. The molecule has 0 aromatic rings. The standard InChI is InChI=1S/C17H35ClO6S4/c18-28(19,20)24-16-15-23-14-13-22-12-11-21-10-8-6-4-2-1-3-5-7-9-17-26-27-25/h25H,1-17H2. The van der Waals surface area contributed by atoms with Gasteiger partial charge in [-0.15, -0.1) is 0 Å². The van der Waals surface area contributed by atoms with Gasteiger partial charge in [0, 0.05) is 23.0 Å². The minimum absolute atomic E-state index is 0.0930. The molecule has 0 N–H and O–H groups in total. The molecule has 0 atom stereocenters. The van der Waals surface area contributed by atoms with Crippen molar-refractivity contribution in [3.8, 4) is 0 Å².